The third-order valence-electron chi connectivity index (χ3n) is 7.53. The van der Waals surface area contributed by atoms with E-state index in [9.17, 15) is 18.0 Å². The molecule has 3 saturated carbocycles. The van der Waals surface area contributed by atoms with Gasteiger partial charge in [0.1, 0.15) is 11.2 Å². The van der Waals surface area contributed by atoms with Crippen LogP contribution in [0.1, 0.15) is 48.0 Å². The lowest BCUT2D eigenvalue weighted by Gasteiger charge is -2.62. The first-order chi connectivity index (χ1) is 15.5. The summed E-state index contributed by atoms with van der Waals surface area (Å²) in [6, 6.07) is 0.0475. The quantitative estimate of drug-likeness (QED) is 0.691. The summed E-state index contributed by atoms with van der Waals surface area (Å²) < 4.78 is 26.8. The molecule has 1 aliphatic heterocycles. The van der Waals surface area contributed by atoms with Crippen molar-refractivity contribution < 1.29 is 13.2 Å². The Morgan fingerprint density at radius 1 is 1.21 bits per heavy atom. The Balaban J connectivity index is 1.53. The average Bonchev–Trinajstić information content (AvgIpc) is 2.68. The second-order valence-corrected chi connectivity index (χ2v) is 12.0. The van der Waals surface area contributed by atoms with Crippen LogP contribution in [-0.4, -0.2) is 77.5 Å². The smallest absolute Gasteiger partial charge is 0.265 e. The summed E-state index contributed by atoms with van der Waals surface area (Å²) in [6.45, 7) is 2.69. The zero-order valence-electron chi connectivity index (χ0n) is 19.5. The number of rotatable bonds is 5. The van der Waals surface area contributed by atoms with Crippen LogP contribution in [-0.2, 0) is 15.6 Å². The number of hydrogen-bond donors (Lipinski definition) is 1. The van der Waals surface area contributed by atoms with Gasteiger partial charge in [0.25, 0.3) is 11.5 Å². The van der Waals surface area contributed by atoms with E-state index in [1.54, 1.807) is 31.8 Å². The molecule has 33 heavy (non-hydrogen) atoms. The minimum Gasteiger partial charge on any atom is -0.351 e. The number of anilines is 1. The normalized spacial score (nSPS) is 25.4. The van der Waals surface area contributed by atoms with Crippen molar-refractivity contribution in [3.63, 3.8) is 0 Å². The van der Waals surface area contributed by atoms with Crippen molar-refractivity contribution in [3.8, 4) is 0 Å². The van der Waals surface area contributed by atoms with Crippen molar-refractivity contribution in [1.82, 2.24) is 23.7 Å². The van der Waals surface area contributed by atoms with E-state index in [2.05, 4.69) is 10.3 Å². The van der Waals surface area contributed by atoms with Crippen molar-refractivity contribution in [2.45, 2.75) is 50.6 Å². The van der Waals surface area contributed by atoms with Gasteiger partial charge in [0.05, 0.1) is 11.8 Å². The number of pyridine rings is 1. The van der Waals surface area contributed by atoms with Gasteiger partial charge in [-0.1, -0.05) is 0 Å². The number of carbonyl (C=O) groups is 1. The average molecular weight is 475 g/mol. The summed E-state index contributed by atoms with van der Waals surface area (Å²) in [5.74, 6) is 0.770. The van der Waals surface area contributed by atoms with Crippen molar-refractivity contribution in [2.24, 2.45) is 5.92 Å². The maximum absolute atomic E-state index is 13.6. The van der Waals surface area contributed by atoms with Crippen molar-refractivity contribution in [1.29, 1.82) is 0 Å². The predicted octanol–water partition coefficient (Wildman–Crippen LogP) is 1.15. The van der Waals surface area contributed by atoms with Gasteiger partial charge in [0.15, 0.2) is 0 Å². The predicted molar refractivity (Wildman–Crippen MR) is 125 cm³/mol. The fourth-order valence-electron chi connectivity index (χ4n) is 5.52. The number of amides is 1. The molecule has 4 fully saturated rings. The molecule has 11 heteroatoms. The lowest BCUT2D eigenvalue weighted by atomic mass is 9.49. The second kappa shape index (κ2) is 7.49. The molecule has 0 aromatic carbocycles. The number of nitrogens with zero attached hydrogens (tertiary/aromatic N) is 5. The molecule has 0 atom stereocenters. The molecule has 10 nitrogen and oxygen atoms in total. The van der Waals surface area contributed by atoms with Gasteiger partial charge in [-0.2, -0.15) is 4.98 Å². The monoisotopic (exact) mass is 474 g/mol. The lowest BCUT2D eigenvalue weighted by molar-refractivity contribution is -0.0884. The molecule has 1 saturated heterocycles. The van der Waals surface area contributed by atoms with E-state index in [1.807, 2.05) is 0 Å². The Bertz CT molecular complexity index is 1290. The van der Waals surface area contributed by atoms with Crippen LogP contribution in [0, 0.1) is 12.8 Å². The van der Waals surface area contributed by atoms with E-state index >= 15 is 0 Å². The van der Waals surface area contributed by atoms with Gasteiger partial charge in [-0.15, -0.1) is 0 Å². The fourth-order valence-corrected chi connectivity index (χ4v) is 6.39. The molecule has 3 heterocycles. The van der Waals surface area contributed by atoms with Gasteiger partial charge in [-0.05, 0) is 50.5 Å². The molecule has 0 radical (unpaired) electrons. The molecule has 6 rings (SSSR count). The molecule has 1 amide bonds. The van der Waals surface area contributed by atoms with Gasteiger partial charge < -0.3 is 10.2 Å². The maximum atomic E-state index is 13.6. The van der Waals surface area contributed by atoms with Gasteiger partial charge in [0, 0.05) is 44.8 Å². The van der Waals surface area contributed by atoms with Crippen LogP contribution < -0.4 is 10.9 Å². The van der Waals surface area contributed by atoms with E-state index in [4.69, 9.17) is 4.98 Å². The van der Waals surface area contributed by atoms with Gasteiger partial charge in [-0.25, -0.2) is 17.7 Å². The minimum atomic E-state index is -3.19. The number of aromatic nitrogens is 3. The van der Waals surface area contributed by atoms with Crippen LogP contribution in [0.3, 0.4) is 0 Å². The van der Waals surface area contributed by atoms with Gasteiger partial charge in [-0.3, -0.25) is 14.2 Å². The Labute approximate surface area is 193 Å². The van der Waals surface area contributed by atoms with Crippen LogP contribution in [0.2, 0.25) is 0 Å². The number of aryl methyl sites for hydroxylation is 1. The Morgan fingerprint density at radius 2 is 1.85 bits per heavy atom. The van der Waals surface area contributed by atoms with Gasteiger partial charge >= 0.3 is 0 Å². The highest BCUT2D eigenvalue weighted by Crippen LogP contribution is 2.62. The summed E-state index contributed by atoms with van der Waals surface area (Å²) in [6.07, 6.45) is 7.06. The number of nitrogens with one attached hydrogen (secondary N) is 1. The van der Waals surface area contributed by atoms with Gasteiger partial charge in [0.2, 0.25) is 16.0 Å². The molecule has 4 aliphatic rings. The molecule has 0 spiro atoms. The van der Waals surface area contributed by atoms with E-state index < -0.39 is 10.0 Å². The zero-order chi connectivity index (χ0) is 23.7. The number of fused-ring (bicyclic) bond motifs is 1. The van der Waals surface area contributed by atoms with Crippen LogP contribution in [0.5, 0.6) is 0 Å². The molecule has 3 aliphatic carbocycles. The van der Waals surface area contributed by atoms with Crippen LogP contribution >= 0.6 is 0 Å². The summed E-state index contributed by atoms with van der Waals surface area (Å²) >= 11 is 0. The summed E-state index contributed by atoms with van der Waals surface area (Å²) in [7, 11) is 0.110. The number of hydrogen-bond acceptors (Lipinski definition) is 7. The third kappa shape index (κ3) is 3.52. The molecule has 178 valence electrons. The standard InChI is InChI=1S/C22H30N6O4S/c1-13-16-12-23-21(24-15-5-7-27(8-6-15)33(4,31)32)25-18(16)28(22-9-14(10-22)11-22)20(30)17(13)19(29)26(2)3/h12,14-15H,5-11H2,1-4H3,(H,23,24,25). The first-order valence-corrected chi connectivity index (χ1v) is 13.2. The molecule has 2 bridgehead atoms. The summed E-state index contributed by atoms with van der Waals surface area (Å²) in [4.78, 5) is 37.2. The first-order valence-electron chi connectivity index (χ1n) is 11.4. The minimum absolute atomic E-state index is 0.0475. The number of carbonyl (C=O) groups excluding carboxylic acids is 1. The lowest BCUT2D eigenvalue weighted by Crippen LogP contribution is -2.62. The molecule has 2 aromatic heterocycles. The first kappa shape index (κ1) is 22.3. The highest BCUT2D eigenvalue weighted by atomic mass is 32.2. The van der Waals surface area contributed by atoms with E-state index in [-0.39, 0.29) is 28.6 Å². The van der Waals surface area contributed by atoms with Crippen molar-refractivity contribution >= 4 is 32.9 Å². The maximum Gasteiger partial charge on any atom is 0.265 e. The highest BCUT2D eigenvalue weighted by Gasteiger charge is 2.59. The molecular formula is C22H30N6O4S. The zero-order valence-corrected chi connectivity index (χ0v) is 20.3. The number of piperidine rings is 1. The summed E-state index contributed by atoms with van der Waals surface area (Å²) in [5.41, 5.74) is 0.834. The fraction of sp³-hybridized carbons (Fsp3) is 0.636. The Morgan fingerprint density at radius 3 is 2.36 bits per heavy atom. The molecular weight excluding hydrogens is 444 g/mol. The van der Waals surface area contributed by atoms with E-state index in [0.717, 1.165) is 19.3 Å². The number of sulfonamides is 1. The Hall–Kier alpha value is -2.53. The highest BCUT2D eigenvalue weighted by molar-refractivity contribution is 7.88. The van der Waals surface area contributed by atoms with Crippen LogP contribution in [0.4, 0.5) is 5.95 Å². The Kier molecular flexibility index (Phi) is 5.06. The van der Waals surface area contributed by atoms with Crippen molar-refractivity contribution in [3.05, 3.63) is 27.7 Å². The second-order valence-electron chi connectivity index (χ2n) is 10.1. The van der Waals surface area contributed by atoms with E-state index in [0.29, 0.717) is 54.4 Å². The third-order valence-corrected chi connectivity index (χ3v) is 8.84. The van der Waals surface area contributed by atoms with Crippen LogP contribution in [0.25, 0.3) is 11.0 Å². The molecule has 1 N–H and O–H groups in total. The molecule has 2 aromatic rings. The topological polar surface area (TPSA) is 117 Å². The molecule has 0 unspecified atom stereocenters. The SMILES string of the molecule is Cc1c(C(=O)N(C)C)c(=O)n(C23CC(C2)C3)c2nc(NC3CCN(S(C)(=O)=O)CC3)ncc12. The van der Waals surface area contributed by atoms with Crippen LogP contribution in [0.15, 0.2) is 11.0 Å². The van der Waals surface area contributed by atoms with E-state index in [1.165, 1.54) is 15.5 Å². The largest absolute Gasteiger partial charge is 0.351 e. The van der Waals surface area contributed by atoms with Crippen molar-refractivity contribution in [2.75, 3.05) is 38.8 Å². The summed E-state index contributed by atoms with van der Waals surface area (Å²) in [5, 5.41) is 4.04.